The Kier molecular flexibility index (Phi) is 6.52. The summed E-state index contributed by atoms with van der Waals surface area (Å²) in [5.41, 5.74) is 3.87. The highest BCUT2D eigenvalue weighted by molar-refractivity contribution is 5.94. The molecule has 5 nitrogen and oxygen atoms in total. The summed E-state index contributed by atoms with van der Waals surface area (Å²) < 4.78 is 5.97. The minimum Gasteiger partial charge on any atom is -0.494 e. The maximum Gasteiger partial charge on any atom is 0.248 e. The van der Waals surface area contributed by atoms with Gasteiger partial charge in [0.25, 0.3) is 0 Å². The van der Waals surface area contributed by atoms with Crippen LogP contribution in [0.15, 0.2) is 53.3 Å². The molecule has 1 saturated heterocycles. The number of aromatic nitrogens is 1. The fourth-order valence-electron chi connectivity index (χ4n) is 4.45. The molecule has 0 amide bonds. The summed E-state index contributed by atoms with van der Waals surface area (Å²) in [6, 6.07) is 15.6. The number of fused-ring (bicyclic) bond motifs is 1. The number of piperidine rings is 1. The molecule has 31 heavy (non-hydrogen) atoms. The maximum absolute atomic E-state index is 11.6. The number of nitrogens with one attached hydrogen (secondary N) is 1. The number of Topliss-reactive ketones (excluding diaryl/α,β-unsaturated/α-hetero) is 1. The summed E-state index contributed by atoms with van der Waals surface area (Å²) in [5, 5.41) is 1.02. The fourth-order valence-corrected chi connectivity index (χ4v) is 4.45. The number of nitrogens with zero attached hydrogens (tertiary/aromatic N) is 1. The minimum atomic E-state index is -0.0736. The van der Waals surface area contributed by atoms with Crippen LogP contribution >= 0.6 is 0 Å². The SMILES string of the molecule is CC(=O)c1ccc(C2CCN(CCCOc3ccc4[nH]c(=O)cc(C)c4c3)CC2)cc1. The second kappa shape index (κ2) is 9.48. The number of aromatic amines is 1. The van der Waals surface area contributed by atoms with Crippen LogP contribution in [0.4, 0.5) is 0 Å². The van der Waals surface area contributed by atoms with Crippen LogP contribution in [0.3, 0.4) is 0 Å². The number of likely N-dealkylation sites (tertiary alicyclic amines) is 1. The topological polar surface area (TPSA) is 62.4 Å². The number of ketones is 1. The summed E-state index contributed by atoms with van der Waals surface area (Å²) in [6.07, 6.45) is 3.30. The average molecular weight is 419 g/mol. The van der Waals surface area contributed by atoms with Crippen LogP contribution in [-0.4, -0.2) is 41.9 Å². The third-order valence-corrected chi connectivity index (χ3v) is 6.28. The first kappa shape index (κ1) is 21.3. The van der Waals surface area contributed by atoms with Gasteiger partial charge in [-0.15, -0.1) is 0 Å². The molecule has 0 aliphatic carbocycles. The Labute approximate surface area is 183 Å². The van der Waals surface area contributed by atoms with Crippen LogP contribution in [0, 0.1) is 6.92 Å². The number of rotatable bonds is 7. The summed E-state index contributed by atoms with van der Waals surface area (Å²) in [5.74, 6) is 1.55. The average Bonchev–Trinajstić information content (AvgIpc) is 2.77. The fraction of sp³-hybridized carbons (Fsp3) is 0.385. The van der Waals surface area contributed by atoms with Crippen LogP contribution in [0.5, 0.6) is 5.75 Å². The molecule has 4 rings (SSSR count). The first-order valence-corrected chi connectivity index (χ1v) is 11.1. The molecule has 1 aromatic heterocycles. The van der Waals surface area contributed by atoms with Crippen molar-refractivity contribution in [2.45, 2.75) is 39.0 Å². The number of H-pyrrole nitrogens is 1. The molecule has 0 unspecified atom stereocenters. The van der Waals surface area contributed by atoms with E-state index < -0.39 is 0 Å². The molecule has 1 aliphatic rings. The standard InChI is InChI=1S/C26H30N2O3/c1-18-16-26(30)27-25-9-8-23(17-24(18)25)31-15-3-12-28-13-10-22(11-14-28)21-6-4-20(5-7-21)19(2)29/h4-9,16-17,22H,3,10-15H2,1-2H3,(H,27,30). The zero-order valence-corrected chi connectivity index (χ0v) is 18.3. The Morgan fingerprint density at radius 2 is 1.84 bits per heavy atom. The van der Waals surface area contributed by atoms with Crippen LogP contribution in [-0.2, 0) is 0 Å². The summed E-state index contributed by atoms with van der Waals surface area (Å²) >= 11 is 0. The van der Waals surface area contributed by atoms with E-state index in [-0.39, 0.29) is 11.3 Å². The number of benzene rings is 2. The molecule has 5 heteroatoms. The summed E-state index contributed by atoms with van der Waals surface area (Å²) in [7, 11) is 0. The highest BCUT2D eigenvalue weighted by atomic mass is 16.5. The van der Waals surface area contributed by atoms with Gasteiger partial charge in [0.1, 0.15) is 5.75 Å². The molecule has 3 aromatic rings. The van der Waals surface area contributed by atoms with Crippen molar-refractivity contribution in [1.29, 1.82) is 0 Å². The van der Waals surface area contributed by atoms with Crippen molar-refractivity contribution in [3.05, 3.63) is 75.6 Å². The Hall–Kier alpha value is -2.92. The van der Waals surface area contributed by atoms with E-state index in [4.69, 9.17) is 4.74 Å². The van der Waals surface area contributed by atoms with Gasteiger partial charge in [0, 0.05) is 29.1 Å². The third kappa shape index (κ3) is 5.23. The van der Waals surface area contributed by atoms with Gasteiger partial charge in [-0.05, 0) is 81.4 Å². The Bertz CT molecular complexity index is 1110. The van der Waals surface area contributed by atoms with Gasteiger partial charge in [-0.25, -0.2) is 0 Å². The van der Waals surface area contributed by atoms with Crippen molar-refractivity contribution in [3.8, 4) is 5.75 Å². The lowest BCUT2D eigenvalue weighted by molar-refractivity contribution is 0.101. The van der Waals surface area contributed by atoms with Crippen LogP contribution < -0.4 is 10.3 Å². The van der Waals surface area contributed by atoms with Crippen LogP contribution in [0.25, 0.3) is 10.9 Å². The van der Waals surface area contributed by atoms with Crippen molar-refractivity contribution in [2.75, 3.05) is 26.2 Å². The lowest BCUT2D eigenvalue weighted by atomic mass is 9.89. The number of pyridine rings is 1. The van der Waals surface area contributed by atoms with E-state index in [2.05, 4.69) is 22.0 Å². The van der Waals surface area contributed by atoms with Crippen LogP contribution in [0.2, 0.25) is 0 Å². The predicted octanol–water partition coefficient (Wildman–Crippen LogP) is 4.69. The first-order valence-electron chi connectivity index (χ1n) is 11.1. The third-order valence-electron chi connectivity index (χ3n) is 6.28. The molecule has 0 spiro atoms. The molecule has 1 N–H and O–H groups in total. The van der Waals surface area contributed by atoms with E-state index in [1.807, 2.05) is 37.3 Å². The maximum atomic E-state index is 11.6. The molecule has 2 heterocycles. The van der Waals surface area contributed by atoms with Gasteiger partial charge in [-0.1, -0.05) is 24.3 Å². The molecular formula is C26H30N2O3. The monoisotopic (exact) mass is 418 g/mol. The van der Waals surface area contributed by atoms with E-state index in [1.54, 1.807) is 13.0 Å². The second-order valence-electron chi connectivity index (χ2n) is 8.52. The zero-order chi connectivity index (χ0) is 21.8. The zero-order valence-electron chi connectivity index (χ0n) is 18.3. The largest absolute Gasteiger partial charge is 0.494 e. The molecular weight excluding hydrogens is 388 g/mol. The number of carbonyl (C=O) groups is 1. The normalized spacial score (nSPS) is 15.3. The highest BCUT2D eigenvalue weighted by Crippen LogP contribution is 2.28. The summed E-state index contributed by atoms with van der Waals surface area (Å²) in [4.78, 5) is 28.4. The van der Waals surface area contributed by atoms with Gasteiger partial charge in [-0.3, -0.25) is 9.59 Å². The summed E-state index contributed by atoms with van der Waals surface area (Å²) in [6.45, 7) is 7.47. The number of carbonyl (C=O) groups excluding carboxylic acids is 1. The van der Waals surface area contributed by atoms with Gasteiger partial charge >= 0.3 is 0 Å². The Morgan fingerprint density at radius 1 is 1.10 bits per heavy atom. The van der Waals surface area contributed by atoms with E-state index in [9.17, 15) is 9.59 Å². The van der Waals surface area contributed by atoms with Gasteiger partial charge < -0.3 is 14.6 Å². The smallest absolute Gasteiger partial charge is 0.248 e. The van der Waals surface area contributed by atoms with Crippen molar-refractivity contribution in [2.24, 2.45) is 0 Å². The minimum absolute atomic E-state index is 0.0736. The molecule has 162 valence electrons. The van der Waals surface area contributed by atoms with E-state index >= 15 is 0 Å². The molecule has 1 aliphatic heterocycles. The van der Waals surface area contributed by atoms with Gasteiger partial charge in [0.15, 0.2) is 5.78 Å². The van der Waals surface area contributed by atoms with Gasteiger partial charge in [-0.2, -0.15) is 0 Å². The lowest BCUT2D eigenvalue weighted by Gasteiger charge is -2.32. The Balaban J connectivity index is 1.22. The molecule has 0 radical (unpaired) electrons. The van der Waals surface area contributed by atoms with E-state index in [1.165, 1.54) is 5.56 Å². The van der Waals surface area contributed by atoms with Gasteiger partial charge in [0.2, 0.25) is 5.56 Å². The van der Waals surface area contributed by atoms with Gasteiger partial charge in [0.05, 0.1) is 6.61 Å². The first-order chi connectivity index (χ1) is 15.0. The number of hydrogen-bond donors (Lipinski definition) is 1. The lowest BCUT2D eigenvalue weighted by Crippen LogP contribution is -2.34. The number of hydrogen-bond acceptors (Lipinski definition) is 4. The molecule has 2 aromatic carbocycles. The quantitative estimate of drug-likeness (QED) is 0.447. The molecule has 0 atom stereocenters. The second-order valence-corrected chi connectivity index (χ2v) is 8.52. The Morgan fingerprint density at radius 3 is 2.55 bits per heavy atom. The number of ether oxygens (including phenoxy) is 1. The number of aryl methyl sites for hydroxylation is 1. The highest BCUT2D eigenvalue weighted by Gasteiger charge is 2.20. The van der Waals surface area contributed by atoms with Crippen molar-refractivity contribution >= 4 is 16.7 Å². The molecule has 0 bridgehead atoms. The van der Waals surface area contributed by atoms with Crippen LogP contribution in [0.1, 0.15) is 53.6 Å². The van der Waals surface area contributed by atoms with Crippen molar-refractivity contribution < 1.29 is 9.53 Å². The predicted molar refractivity (Wildman–Crippen MR) is 124 cm³/mol. The molecule has 1 fully saturated rings. The van der Waals surface area contributed by atoms with E-state index in [0.29, 0.717) is 12.5 Å². The molecule has 0 saturated carbocycles. The van der Waals surface area contributed by atoms with Crippen molar-refractivity contribution in [3.63, 3.8) is 0 Å². The van der Waals surface area contributed by atoms with E-state index in [0.717, 1.165) is 66.7 Å². The van der Waals surface area contributed by atoms with Crippen molar-refractivity contribution in [1.82, 2.24) is 9.88 Å².